The van der Waals surface area contributed by atoms with Crippen molar-refractivity contribution in [1.29, 1.82) is 0 Å². The molecule has 0 bridgehead atoms. The SMILES string of the molecule is CC(c1ccccc1)N(C)C(=O)c1cc2ccccc2s1. The van der Waals surface area contributed by atoms with Crippen LogP contribution in [0, 0.1) is 0 Å². The summed E-state index contributed by atoms with van der Waals surface area (Å²) in [6.45, 7) is 2.06. The van der Waals surface area contributed by atoms with E-state index in [0.717, 1.165) is 20.5 Å². The van der Waals surface area contributed by atoms with E-state index in [1.165, 1.54) is 0 Å². The zero-order chi connectivity index (χ0) is 14.8. The first-order valence-electron chi connectivity index (χ1n) is 6.97. The lowest BCUT2D eigenvalue weighted by Crippen LogP contribution is -2.28. The molecule has 21 heavy (non-hydrogen) atoms. The van der Waals surface area contributed by atoms with Crippen molar-refractivity contribution in [2.45, 2.75) is 13.0 Å². The Balaban J connectivity index is 1.87. The van der Waals surface area contributed by atoms with Gasteiger partial charge in [0.25, 0.3) is 5.91 Å². The highest BCUT2D eigenvalue weighted by atomic mass is 32.1. The van der Waals surface area contributed by atoms with Crippen molar-refractivity contribution < 1.29 is 4.79 Å². The summed E-state index contributed by atoms with van der Waals surface area (Å²) in [5.41, 5.74) is 1.15. The Morgan fingerprint density at radius 3 is 2.43 bits per heavy atom. The molecule has 0 fully saturated rings. The number of hydrogen-bond donors (Lipinski definition) is 0. The largest absolute Gasteiger partial charge is 0.334 e. The highest BCUT2D eigenvalue weighted by Crippen LogP contribution is 2.28. The van der Waals surface area contributed by atoms with Crippen molar-refractivity contribution in [2.24, 2.45) is 0 Å². The summed E-state index contributed by atoms with van der Waals surface area (Å²) in [7, 11) is 1.87. The molecule has 1 unspecified atom stereocenters. The quantitative estimate of drug-likeness (QED) is 0.683. The van der Waals surface area contributed by atoms with Crippen molar-refractivity contribution in [3.05, 3.63) is 71.1 Å². The highest BCUT2D eigenvalue weighted by Gasteiger charge is 2.20. The molecule has 106 valence electrons. The minimum absolute atomic E-state index is 0.0592. The van der Waals surface area contributed by atoms with Crippen molar-refractivity contribution in [2.75, 3.05) is 7.05 Å². The molecular weight excluding hydrogens is 278 g/mol. The number of amides is 1. The Bertz CT molecular complexity index is 730. The number of nitrogens with zero attached hydrogens (tertiary/aromatic N) is 1. The average Bonchev–Trinajstić information content (AvgIpc) is 2.97. The minimum atomic E-state index is 0.0592. The molecule has 1 atom stereocenters. The van der Waals surface area contributed by atoms with Gasteiger partial charge in [0.1, 0.15) is 0 Å². The van der Waals surface area contributed by atoms with Gasteiger partial charge in [-0.2, -0.15) is 0 Å². The molecule has 0 radical (unpaired) electrons. The number of benzene rings is 2. The summed E-state index contributed by atoms with van der Waals surface area (Å²) in [5, 5.41) is 1.13. The lowest BCUT2D eigenvalue weighted by atomic mass is 10.1. The molecule has 0 aliphatic rings. The standard InChI is InChI=1S/C18H17NOS/c1-13(14-8-4-3-5-9-14)19(2)18(20)17-12-15-10-6-7-11-16(15)21-17/h3-13H,1-2H3. The highest BCUT2D eigenvalue weighted by molar-refractivity contribution is 7.20. The Labute approximate surface area is 128 Å². The Morgan fingerprint density at radius 1 is 1.05 bits per heavy atom. The summed E-state index contributed by atoms with van der Waals surface area (Å²) in [6.07, 6.45) is 0. The van der Waals surface area contributed by atoms with Crippen molar-refractivity contribution >= 4 is 27.3 Å². The van der Waals surface area contributed by atoms with E-state index in [0.29, 0.717) is 0 Å². The summed E-state index contributed by atoms with van der Waals surface area (Å²) < 4.78 is 1.15. The molecule has 0 saturated carbocycles. The van der Waals surface area contributed by atoms with Gasteiger partial charge in [-0.1, -0.05) is 48.5 Å². The van der Waals surface area contributed by atoms with Crippen LogP contribution in [0.25, 0.3) is 10.1 Å². The second-order valence-electron chi connectivity index (χ2n) is 5.15. The lowest BCUT2D eigenvalue weighted by molar-refractivity contribution is 0.0747. The summed E-state index contributed by atoms with van der Waals surface area (Å²) in [4.78, 5) is 15.3. The van der Waals surface area contributed by atoms with Crippen LogP contribution in [0.3, 0.4) is 0 Å². The maximum atomic E-state index is 12.7. The van der Waals surface area contributed by atoms with E-state index in [9.17, 15) is 4.79 Å². The fraction of sp³-hybridized carbons (Fsp3) is 0.167. The maximum absolute atomic E-state index is 12.7. The lowest BCUT2D eigenvalue weighted by Gasteiger charge is -2.24. The van der Waals surface area contributed by atoms with Crippen LogP contribution in [0.1, 0.15) is 28.2 Å². The molecule has 2 nitrogen and oxygen atoms in total. The van der Waals surface area contributed by atoms with Crippen molar-refractivity contribution in [3.63, 3.8) is 0 Å². The van der Waals surface area contributed by atoms with Crippen LogP contribution in [0.5, 0.6) is 0 Å². The third-order valence-corrected chi connectivity index (χ3v) is 4.92. The Morgan fingerprint density at radius 2 is 1.71 bits per heavy atom. The summed E-state index contributed by atoms with van der Waals surface area (Å²) in [6, 6.07) is 20.2. The third-order valence-electron chi connectivity index (χ3n) is 3.82. The fourth-order valence-electron chi connectivity index (χ4n) is 2.39. The molecule has 0 spiro atoms. The van der Waals surface area contributed by atoms with Crippen LogP contribution in [-0.4, -0.2) is 17.9 Å². The van der Waals surface area contributed by atoms with Crippen molar-refractivity contribution in [3.8, 4) is 0 Å². The number of carbonyl (C=O) groups excluding carboxylic acids is 1. The molecule has 1 amide bonds. The van der Waals surface area contributed by atoms with Gasteiger partial charge in [0, 0.05) is 11.7 Å². The Kier molecular flexibility index (Phi) is 3.76. The molecule has 3 heteroatoms. The number of rotatable bonds is 3. The molecule has 1 aromatic heterocycles. The zero-order valence-electron chi connectivity index (χ0n) is 12.1. The molecule has 3 rings (SSSR count). The van der Waals surface area contributed by atoms with E-state index in [1.54, 1.807) is 16.2 Å². The summed E-state index contributed by atoms with van der Waals surface area (Å²) >= 11 is 1.56. The average molecular weight is 295 g/mol. The van der Waals surface area contributed by atoms with Crippen LogP contribution in [-0.2, 0) is 0 Å². The summed E-state index contributed by atoms with van der Waals surface area (Å²) in [5.74, 6) is 0.0764. The zero-order valence-corrected chi connectivity index (χ0v) is 12.9. The molecule has 2 aromatic carbocycles. The van der Waals surface area contributed by atoms with Gasteiger partial charge in [0.05, 0.1) is 10.9 Å². The maximum Gasteiger partial charge on any atom is 0.264 e. The van der Waals surface area contributed by atoms with Gasteiger partial charge in [-0.15, -0.1) is 11.3 Å². The second kappa shape index (κ2) is 5.70. The third kappa shape index (κ3) is 2.69. The van der Waals surface area contributed by atoms with Crippen LogP contribution >= 0.6 is 11.3 Å². The smallest absolute Gasteiger partial charge is 0.264 e. The minimum Gasteiger partial charge on any atom is -0.334 e. The predicted molar refractivity (Wildman–Crippen MR) is 88.8 cm³/mol. The number of thiophene rings is 1. The first kappa shape index (κ1) is 13.8. The van der Waals surface area contributed by atoms with E-state index < -0.39 is 0 Å². The molecular formula is C18H17NOS. The fourth-order valence-corrected chi connectivity index (χ4v) is 3.44. The van der Waals surface area contributed by atoms with Gasteiger partial charge in [0.2, 0.25) is 0 Å². The number of carbonyl (C=O) groups is 1. The number of hydrogen-bond acceptors (Lipinski definition) is 2. The monoisotopic (exact) mass is 295 g/mol. The molecule has 0 aliphatic heterocycles. The first-order valence-corrected chi connectivity index (χ1v) is 7.79. The van der Waals surface area contributed by atoms with Crippen LogP contribution < -0.4 is 0 Å². The van der Waals surface area contributed by atoms with Gasteiger partial charge in [0.15, 0.2) is 0 Å². The Hall–Kier alpha value is -2.13. The second-order valence-corrected chi connectivity index (χ2v) is 6.23. The van der Waals surface area contributed by atoms with E-state index >= 15 is 0 Å². The first-order chi connectivity index (χ1) is 10.2. The molecule has 0 aliphatic carbocycles. The van der Waals surface area contributed by atoms with E-state index in [1.807, 2.05) is 49.5 Å². The van der Waals surface area contributed by atoms with E-state index in [-0.39, 0.29) is 11.9 Å². The van der Waals surface area contributed by atoms with Gasteiger partial charge < -0.3 is 4.90 Å². The van der Waals surface area contributed by atoms with Gasteiger partial charge in [-0.25, -0.2) is 0 Å². The van der Waals surface area contributed by atoms with E-state index in [2.05, 4.69) is 25.1 Å². The molecule has 0 saturated heterocycles. The normalized spacial score (nSPS) is 12.3. The predicted octanol–water partition coefficient (Wildman–Crippen LogP) is 4.73. The van der Waals surface area contributed by atoms with E-state index in [4.69, 9.17) is 0 Å². The molecule has 3 aromatic rings. The number of fused-ring (bicyclic) bond motifs is 1. The molecule has 1 heterocycles. The van der Waals surface area contributed by atoms with Crippen molar-refractivity contribution in [1.82, 2.24) is 4.90 Å². The topological polar surface area (TPSA) is 20.3 Å². The van der Waals surface area contributed by atoms with Crippen LogP contribution in [0.2, 0.25) is 0 Å². The van der Waals surface area contributed by atoms with Gasteiger partial charge in [-0.3, -0.25) is 4.79 Å². The van der Waals surface area contributed by atoms with Crippen LogP contribution in [0.4, 0.5) is 0 Å². The molecule has 0 N–H and O–H groups in total. The van der Waals surface area contributed by atoms with Gasteiger partial charge >= 0.3 is 0 Å². The van der Waals surface area contributed by atoms with Crippen LogP contribution in [0.15, 0.2) is 60.7 Å². The van der Waals surface area contributed by atoms with Gasteiger partial charge in [-0.05, 0) is 30.0 Å².